The number of aromatic nitrogens is 2. The van der Waals surface area contributed by atoms with Gasteiger partial charge >= 0.3 is 0 Å². The second-order valence-corrected chi connectivity index (χ2v) is 4.11. The Bertz CT molecular complexity index is 741. The Kier molecular flexibility index (Phi) is 4.03. The number of carbonyl (C=O) groups is 1. The van der Waals surface area contributed by atoms with Crippen LogP contribution in [0.2, 0.25) is 5.15 Å². The Balaban J connectivity index is 2.39. The van der Waals surface area contributed by atoms with Gasteiger partial charge in [0.15, 0.2) is 11.5 Å². The van der Waals surface area contributed by atoms with E-state index in [1.165, 1.54) is 6.20 Å². The summed E-state index contributed by atoms with van der Waals surface area (Å²) in [4.78, 5) is 28.8. The van der Waals surface area contributed by atoms with Gasteiger partial charge < -0.3 is 5.32 Å². The number of nitrogens with one attached hydrogen (secondary N) is 1. The van der Waals surface area contributed by atoms with Gasteiger partial charge in [-0.3, -0.25) is 19.9 Å². The molecule has 7 nitrogen and oxygen atoms in total. The number of hydrogen-bond donors (Lipinski definition) is 1. The third-order valence-corrected chi connectivity index (χ3v) is 2.49. The highest BCUT2D eigenvalue weighted by Crippen LogP contribution is 2.29. The van der Waals surface area contributed by atoms with E-state index in [0.29, 0.717) is 12.1 Å². The number of amides is 1. The molecule has 0 radical (unpaired) electrons. The van der Waals surface area contributed by atoms with Gasteiger partial charge in [0, 0.05) is 6.07 Å². The molecule has 0 saturated carbocycles. The van der Waals surface area contributed by atoms with E-state index in [2.05, 4.69) is 9.97 Å². The minimum Gasteiger partial charge on any atom is -0.312 e. The van der Waals surface area contributed by atoms with E-state index < -0.39 is 33.8 Å². The maximum Gasteiger partial charge on any atom is 0.298 e. The van der Waals surface area contributed by atoms with Crippen molar-refractivity contribution in [3.05, 3.63) is 57.1 Å². The van der Waals surface area contributed by atoms with Crippen LogP contribution in [0.15, 0.2) is 24.5 Å². The molecule has 0 bridgehead atoms. The van der Waals surface area contributed by atoms with Crippen LogP contribution in [0.5, 0.6) is 0 Å². The number of benzene rings is 1. The van der Waals surface area contributed by atoms with Crippen molar-refractivity contribution in [2.45, 2.75) is 0 Å². The minimum atomic E-state index is -1.29. The molecule has 108 valence electrons. The molecule has 0 spiro atoms. The van der Waals surface area contributed by atoms with E-state index >= 15 is 0 Å². The third-order valence-electron chi connectivity index (χ3n) is 2.31. The molecule has 1 aromatic carbocycles. The zero-order valence-corrected chi connectivity index (χ0v) is 10.8. The van der Waals surface area contributed by atoms with Crippen LogP contribution in [0.25, 0.3) is 0 Å². The SMILES string of the molecule is O=C(Nc1c(F)cc(F)cc1[N+](=O)[O-])c1cncc(Cl)n1. The molecule has 0 aliphatic rings. The fourth-order valence-corrected chi connectivity index (χ4v) is 1.60. The monoisotopic (exact) mass is 314 g/mol. The van der Waals surface area contributed by atoms with Gasteiger partial charge in [-0.15, -0.1) is 0 Å². The standard InChI is InChI=1S/C11H5ClF2N4O3/c12-9-4-15-3-7(16-9)11(19)17-10-6(14)1-5(13)2-8(10)18(20)21/h1-4H,(H,17,19). The van der Waals surface area contributed by atoms with E-state index in [9.17, 15) is 23.7 Å². The first-order chi connectivity index (χ1) is 9.88. The maximum absolute atomic E-state index is 13.6. The number of anilines is 1. The topological polar surface area (TPSA) is 98.0 Å². The molecule has 0 saturated heterocycles. The molecule has 0 fully saturated rings. The zero-order valence-electron chi connectivity index (χ0n) is 10.0. The number of rotatable bonds is 3. The predicted octanol–water partition coefficient (Wildman–Crippen LogP) is 2.57. The lowest BCUT2D eigenvalue weighted by Gasteiger charge is -2.07. The highest BCUT2D eigenvalue weighted by Gasteiger charge is 2.23. The van der Waals surface area contributed by atoms with Crippen LogP contribution < -0.4 is 5.32 Å². The van der Waals surface area contributed by atoms with E-state index in [1.807, 2.05) is 5.32 Å². The van der Waals surface area contributed by atoms with Crippen LogP contribution in [0.1, 0.15) is 10.5 Å². The van der Waals surface area contributed by atoms with Gasteiger partial charge in [0.2, 0.25) is 0 Å². The Hall–Kier alpha value is -2.68. The molecule has 0 atom stereocenters. The Labute approximate surface area is 120 Å². The number of nitro benzene ring substituents is 1. The summed E-state index contributed by atoms with van der Waals surface area (Å²) in [6.07, 6.45) is 2.20. The molecular weight excluding hydrogens is 310 g/mol. The predicted molar refractivity (Wildman–Crippen MR) is 68.0 cm³/mol. The lowest BCUT2D eigenvalue weighted by molar-refractivity contribution is -0.384. The number of halogens is 3. The molecule has 21 heavy (non-hydrogen) atoms. The molecule has 0 aliphatic carbocycles. The Morgan fingerprint density at radius 3 is 2.67 bits per heavy atom. The lowest BCUT2D eigenvalue weighted by atomic mass is 10.2. The fraction of sp³-hybridized carbons (Fsp3) is 0. The average Bonchev–Trinajstić information content (AvgIpc) is 2.41. The highest BCUT2D eigenvalue weighted by atomic mass is 35.5. The van der Waals surface area contributed by atoms with Crippen LogP contribution in [0, 0.1) is 21.7 Å². The van der Waals surface area contributed by atoms with Crippen molar-refractivity contribution in [1.82, 2.24) is 9.97 Å². The summed E-state index contributed by atoms with van der Waals surface area (Å²) in [7, 11) is 0. The smallest absolute Gasteiger partial charge is 0.298 e. The van der Waals surface area contributed by atoms with E-state index in [0.717, 1.165) is 6.20 Å². The third kappa shape index (κ3) is 3.26. The molecule has 1 heterocycles. The largest absolute Gasteiger partial charge is 0.312 e. The Morgan fingerprint density at radius 2 is 2.05 bits per heavy atom. The molecule has 1 amide bonds. The average molecular weight is 315 g/mol. The summed E-state index contributed by atoms with van der Waals surface area (Å²) in [6, 6.07) is 0.897. The molecule has 0 unspecified atom stereocenters. The van der Waals surface area contributed by atoms with E-state index in [1.54, 1.807) is 0 Å². The van der Waals surface area contributed by atoms with Crippen molar-refractivity contribution in [1.29, 1.82) is 0 Å². The summed E-state index contributed by atoms with van der Waals surface area (Å²) >= 11 is 5.54. The van der Waals surface area contributed by atoms with Crippen molar-refractivity contribution < 1.29 is 18.5 Å². The number of carbonyl (C=O) groups excluding carboxylic acids is 1. The van der Waals surface area contributed by atoms with Crippen molar-refractivity contribution >= 4 is 28.9 Å². The van der Waals surface area contributed by atoms with Gasteiger partial charge in [0.05, 0.1) is 23.4 Å². The second kappa shape index (κ2) is 5.75. The molecule has 2 aromatic rings. The van der Waals surface area contributed by atoms with Crippen molar-refractivity contribution in [3.63, 3.8) is 0 Å². The fourth-order valence-electron chi connectivity index (χ4n) is 1.46. The highest BCUT2D eigenvalue weighted by molar-refractivity contribution is 6.29. The zero-order chi connectivity index (χ0) is 15.6. The van der Waals surface area contributed by atoms with Gasteiger partial charge in [-0.25, -0.2) is 13.8 Å². The summed E-state index contributed by atoms with van der Waals surface area (Å²) in [6.45, 7) is 0. The van der Waals surface area contributed by atoms with Crippen molar-refractivity contribution in [2.75, 3.05) is 5.32 Å². The van der Waals surface area contributed by atoms with Crippen LogP contribution in [0.4, 0.5) is 20.2 Å². The summed E-state index contributed by atoms with van der Waals surface area (Å²) in [5, 5.41) is 12.6. The summed E-state index contributed by atoms with van der Waals surface area (Å²) in [5.74, 6) is -3.40. The lowest BCUT2D eigenvalue weighted by Crippen LogP contribution is -2.16. The van der Waals surface area contributed by atoms with Gasteiger partial charge in [0.1, 0.15) is 16.7 Å². The molecule has 0 aliphatic heterocycles. The summed E-state index contributed by atoms with van der Waals surface area (Å²) < 4.78 is 26.6. The molecule has 1 aromatic heterocycles. The first-order valence-corrected chi connectivity index (χ1v) is 5.68. The van der Waals surface area contributed by atoms with Crippen molar-refractivity contribution in [2.24, 2.45) is 0 Å². The molecule has 10 heteroatoms. The summed E-state index contributed by atoms with van der Waals surface area (Å²) in [5.41, 5.74) is -1.97. The molecule has 1 N–H and O–H groups in total. The van der Waals surface area contributed by atoms with E-state index in [4.69, 9.17) is 11.6 Å². The normalized spacial score (nSPS) is 10.2. The van der Waals surface area contributed by atoms with Crippen LogP contribution in [0.3, 0.4) is 0 Å². The quantitative estimate of drug-likeness (QED) is 0.693. The minimum absolute atomic E-state index is 0.0864. The van der Waals surface area contributed by atoms with Gasteiger partial charge in [0.25, 0.3) is 11.6 Å². The van der Waals surface area contributed by atoms with Crippen LogP contribution in [-0.4, -0.2) is 20.8 Å². The van der Waals surface area contributed by atoms with Crippen LogP contribution >= 0.6 is 11.6 Å². The Morgan fingerprint density at radius 1 is 1.33 bits per heavy atom. The molecular formula is C11H5ClF2N4O3. The van der Waals surface area contributed by atoms with Crippen molar-refractivity contribution in [3.8, 4) is 0 Å². The number of hydrogen-bond acceptors (Lipinski definition) is 5. The van der Waals surface area contributed by atoms with E-state index in [-0.39, 0.29) is 10.8 Å². The second-order valence-electron chi connectivity index (χ2n) is 3.72. The van der Waals surface area contributed by atoms with Gasteiger partial charge in [-0.1, -0.05) is 11.6 Å². The first kappa shape index (κ1) is 14.7. The number of nitro groups is 1. The maximum atomic E-state index is 13.6. The van der Waals surface area contributed by atoms with Gasteiger partial charge in [-0.2, -0.15) is 0 Å². The van der Waals surface area contributed by atoms with Gasteiger partial charge in [-0.05, 0) is 0 Å². The first-order valence-electron chi connectivity index (χ1n) is 5.31. The number of nitrogens with zero attached hydrogens (tertiary/aromatic N) is 3. The molecule has 2 rings (SSSR count). The van der Waals surface area contributed by atoms with Crippen LogP contribution in [-0.2, 0) is 0 Å².